The fourth-order valence-corrected chi connectivity index (χ4v) is 6.10. The quantitative estimate of drug-likeness (QED) is 0.441. The number of hydrogen-bond donors (Lipinski definition) is 0. The van der Waals surface area contributed by atoms with E-state index in [2.05, 4.69) is 45.7 Å². The maximum absolute atomic E-state index is 13.3. The van der Waals surface area contributed by atoms with E-state index in [0.29, 0.717) is 5.78 Å². The van der Waals surface area contributed by atoms with Crippen molar-refractivity contribution in [1.29, 1.82) is 0 Å². The van der Waals surface area contributed by atoms with Crippen LogP contribution in [0.2, 0.25) is 5.02 Å². The van der Waals surface area contributed by atoms with E-state index in [-0.39, 0.29) is 6.04 Å². The summed E-state index contributed by atoms with van der Waals surface area (Å²) in [4.78, 5) is 20.8. The van der Waals surface area contributed by atoms with Crippen molar-refractivity contribution in [1.82, 2.24) is 4.90 Å². The average Bonchev–Trinajstić information content (AvgIpc) is 2.96. The van der Waals surface area contributed by atoms with E-state index < -0.39 is 0 Å². The number of fused-ring (bicyclic) bond motifs is 1. The van der Waals surface area contributed by atoms with Gasteiger partial charge >= 0.3 is 0 Å². The molecule has 0 amide bonds. The molecule has 1 unspecified atom stereocenters. The first-order valence-corrected chi connectivity index (χ1v) is 12.2. The SMILES string of the molecule is O=C1c2c(I)cccc2CCC1N1CCC2=C(CCCC(c3ccccc3Cl)=N2)C1. The highest BCUT2D eigenvalue weighted by Gasteiger charge is 2.35. The molecule has 2 aromatic carbocycles. The molecule has 2 heterocycles. The second-order valence-electron chi connectivity index (χ2n) is 8.36. The van der Waals surface area contributed by atoms with Gasteiger partial charge in [-0.15, -0.1) is 0 Å². The monoisotopic (exact) mass is 530 g/mol. The number of nitrogens with zero attached hydrogens (tertiary/aromatic N) is 2. The van der Waals surface area contributed by atoms with E-state index in [4.69, 9.17) is 16.6 Å². The van der Waals surface area contributed by atoms with Crippen LogP contribution >= 0.6 is 34.2 Å². The molecule has 3 nitrogen and oxygen atoms in total. The van der Waals surface area contributed by atoms with E-state index >= 15 is 0 Å². The molecule has 0 radical (unpaired) electrons. The molecule has 1 atom stereocenters. The number of rotatable bonds is 2. The van der Waals surface area contributed by atoms with Crippen molar-refractivity contribution in [3.63, 3.8) is 0 Å². The molecule has 0 saturated heterocycles. The fraction of sp³-hybridized carbons (Fsp3) is 0.360. The summed E-state index contributed by atoms with van der Waals surface area (Å²) in [6.45, 7) is 1.76. The van der Waals surface area contributed by atoms with Gasteiger partial charge in [-0.05, 0) is 78.0 Å². The maximum atomic E-state index is 13.3. The number of halogens is 2. The van der Waals surface area contributed by atoms with Crippen molar-refractivity contribution in [2.75, 3.05) is 13.1 Å². The van der Waals surface area contributed by atoms with Crippen LogP contribution in [0.1, 0.15) is 53.6 Å². The number of aliphatic imine (C=N–C) groups is 1. The third-order valence-electron chi connectivity index (χ3n) is 6.56. The smallest absolute Gasteiger partial charge is 0.181 e. The zero-order chi connectivity index (χ0) is 20.7. The summed E-state index contributed by atoms with van der Waals surface area (Å²) in [7, 11) is 0. The molecular formula is C25H24ClIN2O. The van der Waals surface area contributed by atoms with Crippen LogP contribution in [0.4, 0.5) is 0 Å². The Morgan fingerprint density at radius 2 is 1.90 bits per heavy atom. The highest BCUT2D eigenvalue weighted by molar-refractivity contribution is 14.1. The molecule has 0 N–H and O–H groups in total. The lowest BCUT2D eigenvalue weighted by molar-refractivity contribution is 0.0793. The summed E-state index contributed by atoms with van der Waals surface area (Å²) in [5.74, 6) is 0.305. The standard InChI is InChI=1S/C25H24ClIN2O/c26-19-8-2-1-7-18(19)22-10-4-6-17-15-29(14-13-21(17)28-22)23-12-11-16-5-3-9-20(27)24(16)25(23)30/h1-3,5,7-9,23H,4,6,10-15H2. The Morgan fingerprint density at radius 3 is 2.77 bits per heavy atom. The average molecular weight is 531 g/mol. The summed E-state index contributed by atoms with van der Waals surface area (Å²) in [5.41, 5.74) is 6.96. The maximum Gasteiger partial charge on any atom is 0.181 e. The Bertz CT molecular complexity index is 1070. The van der Waals surface area contributed by atoms with Gasteiger partial charge in [0.1, 0.15) is 0 Å². The Hall–Kier alpha value is -1.50. The molecule has 3 aliphatic rings. The normalized spacial score (nSPS) is 22.3. The van der Waals surface area contributed by atoms with Crippen molar-refractivity contribution in [3.8, 4) is 0 Å². The van der Waals surface area contributed by atoms with Crippen LogP contribution in [0.15, 0.2) is 58.7 Å². The van der Waals surface area contributed by atoms with Crippen molar-refractivity contribution in [2.24, 2.45) is 4.99 Å². The lowest BCUT2D eigenvalue weighted by Gasteiger charge is -2.37. The van der Waals surface area contributed by atoms with Crippen LogP contribution in [0.5, 0.6) is 0 Å². The minimum absolute atomic E-state index is 0.00210. The van der Waals surface area contributed by atoms with Gasteiger partial charge in [-0.1, -0.05) is 41.9 Å². The molecular weight excluding hydrogens is 507 g/mol. The van der Waals surface area contributed by atoms with Crippen molar-refractivity contribution >= 4 is 45.7 Å². The minimum atomic E-state index is -0.00210. The van der Waals surface area contributed by atoms with Gasteiger partial charge in [0.15, 0.2) is 5.78 Å². The Morgan fingerprint density at radius 1 is 1.03 bits per heavy atom. The zero-order valence-corrected chi connectivity index (χ0v) is 19.7. The predicted octanol–water partition coefficient (Wildman–Crippen LogP) is 6.08. The van der Waals surface area contributed by atoms with Crippen molar-refractivity contribution in [3.05, 3.63) is 79.0 Å². The molecule has 0 bridgehead atoms. The second-order valence-corrected chi connectivity index (χ2v) is 9.92. The first kappa shape index (κ1) is 20.4. The van der Waals surface area contributed by atoms with Gasteiger partial charge in [0.25, 0.3) is 0 Å². The van der Waals surface area contributed by atoms with Gasteiger partial charge in [-0.3, -0.25) is 14.7 Å². The van der Waals surface area contributed by atoms with E-state index in [0.717, 1.165) is 77.0 Å². The summed E-state index contributed by atoms with van der Waals surface area (Å²) in [5, 5.41) is 0.777. The third kappa shape index (κ3) is 3.78. The minimum Gasteiger partial charge on any atom is -0.292 e. The molecule has 0 aromatic heterocycles. The molecule has 5 rings (SSSR count). The van der Waals surface area contributed by atoms with Gasteiger partial charge in [0.2, 0.25) is 0 Å². The van der Waals surface area contributed by atoms with Crippen molar-refractivity contribution in [2.45, 2.75) is 44.6 Å². The summed E-state index contributed by atoms with van der Waals surface area (Å²) >= 11 is 8.74. The van der Waals surface area contributed by atoms with E-state index in [1.54, 1.807) is 0 Å². The number of aryl methyl sites for hydroxylation is 1. The van der Waals surface area contributed by atoms with Crippen LogP contribution in [0.3, 0.4) is 0 Å². The molecule has 5 heteroatoms. The number of hydrogen-bond acceptors (Lipinski definition) is 3. The molecule has 2 aromatic rings. The van der Waals surface area contributed by atoms with Crippen LogP contribution in [-0.4, -0.2) is 35.5 Å². The number of ketones is 1. The molecule has 0 spiro atoms. The Labute approximate surface area is 196 Å². The molecule has 2 aliphatic heterocycles. The van der Waals surface area contributed by atoms with Crippen LogP contribution < -0.4 is 0 Å². The van der Waals surface area contributed by atoms with E-state index in [1.165, 1.54) is 16.8 Å². The summed E-state index contributed by atoms with van der Waals surface area (Å²) < 4.78 is 1.08. The highest BCUT2D eigenvalue weighted by Crippen LogP contribution is 2.34. The molecule has 0 fully saturated rings. The fourth-order valence-electron chi connectivity index (χ4n) is 5.04. The topological polar surface area (TPSA) is 32.7 Å². The number of carbonyl (C=O) groups excluding carboxylic acids is 1. The summed E-state index contributed by atoms with van der Waals surface area (Å²) in [6, 6.07) is 14.2. The summed E-state index contributed by atoms with van der Waals surface area (Å²) in [6.07, 6.45) is 5.90. The van der Waals surface area contributed by atoms with Gasteiger partial charge in [0, 0.05) is 50.6 Å². The van der Waals surface area contributed by atoms with Crippen LogP contribution in [-0.2, 0) is 6.42 Å². The predicted molar refractivity (Wildman–Crippen MR) is 131 cm³/mol. The van der Waals surface area contributed by atoms with Crippen molar-refractivity contribution < 1.29 is 4.79 Å². The van der Waals surface area contributed by atoms with E-state index in [1.807, 2.05) is 24.3 Å². The first-order chi connectivity index (χ1) is 14.6. The zero-order valence-electron chi connectivity index (χ0n) is 16.8. The lowest BCUT2D eigenvalue weighted by atomic mass is 9.85. The van der Waals surface area contributed by atoms with Gasteiger partial charge in [0.05, 0.1) is 6.04 Å². The van der Waals surface area contributed by atoms with Gasteiger partial charge < -0.3 is 0 Å². The van der Waals surface area contributed by atoms with Crippen LogP contribution in [0, 0.1) is 3.57 Å². The molecule has 30 heavy (non-hydrogen) atoms. The Kier molecular flexibility index (Phi) is 5.82. The van der Waals surface area contributed by atoms with Crippen LogP contribution in [0.25, 0.3) is 0 Å². The third-order valence-corrected chi connectivity index (χ3v) is 7.79. The number of Topliss-reactive ketones (excluding diaryl/α,β-unsaturated/α-hetero) is 1. The first-order valence-electron chi connectivity index (χ1n) is 10.7. The van der Waals surface area contributed by atoms with E-state index in [9.17, 15) is 4.79 Å². The highest BCUT2D eigenvalue weighted by atomic mass is 127. The molecule has 154 valence electrons. The number of carbonyl (C=O) groups is 1. The number of benzene rings is 2. The second kappa shape index (κ2) is 8.56. The van der Waals surface area contributed by atoms with Gasteiger partial charge in [-0.25, -0.2) is 0 Å². The Balaban J connectivity index is 1.40. The molecule has 1 aliphatic carbocycles. The lowest BCUT2D eigenvalue weighted by Crippen LogP contribution is -2.47. The molecule has 0 saturated carbocycles. The van der Waals surface area contributed by atoms with Gasteiger partial charge in [-0.2, -0.15) is 0 Å². The largest absolute Gasteiger partial charge is 0.292 e.